The van der Waals surface area contributed by atoms with Crippen LogP contribution in [0.2, 0.25) is 0 Å². The molecule has 30 heavy (non-hydrogen) atoms. The van der Waals surface area contributed by atoms with Crippen molar-refractivity contribution in [3.63, 3.8) is 0 Å². The number of ether oxygens (including phenoxy) is 2. The summed E-state index contributed by atoms with van der Waals surface area (Å²) in [6, 6.07) is 4.15. The second kappa shape index (κ2) is 9.29. The number of morpholine rings is 1. The van der Waals surface area contributed by atoms with Gasteiger partial charge in [0.2, 0.25) is 15.9 Å². The Labute approximate surface area is 174 Å². The second-order valence-corrected chi connectivity index (χ2v) is 9.04. The van der Waals surface area contributed by atoms with Gasteiger partial charge in [-0.25, -0.2) is 13.4 Å². The molecule has 8 nitrogen and oxygen atoms in total. The standard InChI is InChI=1S/C17H18F3N3O5S2/c18-17(19,20)11-28-14-9-12(1-3-21-14)10-22-16(24)15-13(2-8-29-15)30(25,26)23-4-6-27-7-5-23/h1-3,8-9H,4-7,10-11H2,(H,22,24). The van der Waals surface area contributed by atoms with Crippen molar-refractivity contribution in [3.8, 4) is 5.88 Å². The van der Waals surface area contributed by atoms with Gasteiger partial charge in [-0.05, 0) is 23.1 Å². The van der Waals surface area contributed by atoms with Crippen LogP contribution in [0.15, 0.2) is 34.7 Å². The Hall–Kier alpha value is -2.22. The summed E-state index contributed by atoms with van der Waals surface area (Å²) in [6.07, 6.45) is -3.24. The summed E-state index contributed by atoms with van der Waals surface area (Å²) in [5, 5.41) is 4.09. The van der Waals surface area contributed by atoms with Gasteiger partial charge in [0.05, 0.1) is 13.2 Å². The predicted molar refractivity (Wildman–Crippen MR) is 101 cm³/mol. The van der Waals surface area contributed by atoms with Crippen LogP contribution in [0, 0.1) is 0 Å². The van der Waals surface area contributed by atoms with E-state index in [0.29, 0.717) is 5.56 Å². The number of hydrogen-bond acceptors (Lipinski definition) is 7. The molecule has 1 aliphatic heterocycles. The molecule has 1 amide bonds. The van der Waals surface area contributed by atoms with Crippen LogP contribution < -0.4 is 10.1 Å². The van der Waals surface area contributed by atoms with E-state index in [1.165, 1.54) is 34.1 Å². The molecule has 1 N–H and O–H groups in total. The molecule has 0 aromatic carbocycles. The molecule has 13 heteroatoms. The minimum atomic E-state index is -4.49. The Bertz CT molecular complexity index is 989. The Kier molecular flexibility index (Phi) is 6.95. The molecule has 1 aliphatic rings. The molecule has 0 unspecified atom stereocenters. The topological polar surface area (TPSA) is 97.8 Å². The zero-order chi connectivity index (χ0) is 21.8. The molecule has 0 atom stereocenters. The van der Waals surface area contributed by atoms with Crippen molar-refractivity contribution in [2.45, 2.75) is 17.6 Å². The van der Waals surface area contributed by atoms with Crippen molar-refractivity contribution in [1.29, 1.82) is 0 Å². The average molecular weight is 465 g/mol. The van der Waals surface area contributed by atoms with Gasteiger partial charge in [0.15, 0.2) is 6.61 Å². The van der Waals surface area contributed by atoms with Crippen molar-refractivity contribution in [2.75, 3.05) is 32.9 Å². The van der Waals surface area contributed by atoms with Crippen molar-refractivity contribution < 1.29 is 35.9 Å². The zero-order valence-corrected chi connectivity index (χ0v) is 17.1. The summed E-state index contributed by atoms with van der Waals surface area (Å²) < 4.78 is 73.4. The molecule has 1 saturated heterocycles. The number of pyridine rings is 1. The largest absolute Gasteiger partial charge is 0.468 e. The molecule has 164 valence electrons. The van der Waals surface area contributed by atoms with Crippen LogP contribution in [0.25, 0.3) is 0 Å². The predicted octanol–water partition coefficient (Wildman–Crippen LogP) is 2.04. The molecule has 2 aromatic rings. The molecule has 2 aromatic heterocycles. The lowest BCUT2D eigenvalue weighted by molar-refractivity contribution is -0.154. The maximum Gasteiger partial charge on any atom is 0.422 e. The third-order valence-electron chi connectivity index (χ3n) is 4.06. The fraction of sp³-hybridized carbons (Fsp3) is 0.412. The average Bonchev–Trinajstić information content (AvgIpc) is 3.22. The first-order chi connectivity index (χ1) is 14.2. The van der Waals surface area contributed by atoms with Gasteiger partial charge in [-0.1, -0.05) is 0 Å². The van der Waals surface area contributed by atoms with E-state index >= 15 is 0 Å². The lowest BCUT2D eigenvalue weighted by Gasteiger charge is -2.26. The molecule has 3 heterocycles. The highest BCUT2D eigenvalue weighted by molar-refractivity contribution is 7.89. The first kappa shape index (κ1) is 22.5. The maximum absolute atomic E-state index is 12.8. The van der Waals surface area contributed by atoms with E-state index in [2.05, 4.69) is 15.0 Å². The molecule has 1 fully saturated rings. The molecule has 3 rings (SSSR count). The summed E-state index contributed by atoms with van der Waals surface area (Å²) >= 11 is 0.987. The quantitative estimate of drug-likeness (QED) is 0.672. The van der Waals surface area contributed by atoms with Gasteiger partial charge in [0, 0.05) is 31.9 Å². The van der Waals surface area contributed by atoms with E-state index in [0.717, 1.165) is 11.3 Å². The molecular weight excluding hydrogens is 447 g/mol. The fourth-order valence-corrected chi connectivity index (χ4v) is 5.37. The number of amides is 1. The SMILES string of the molecule is O=C(NCc1ccnc(OCC(F)(F)F)c1)c1sccc1S(=O)(=O)N1CCOCC1. The Morgan fingerprint density at radius 3 is 2.73 bits per heavy atom. The van der Waals surface area contributed by atoms with Crippen LogP contribution in [0.4, 0.5) is 13.2 Å². The highest BCUT2D eigenvalue weighted by Crippen LogP contribution is 2.26. The number of aromatic nitrogens is 1. The van der Waals surface area contributed by atoms with E-state index < -0.39 is 28.7 Å². The summed E-state index contributed by atoms with van der Waals surface area (Å²) in [7, 11) is -3.84. The van der Waals surface area contributed by atoms with Crippen LogP contribution in [0.1, 0.15) is 15.2 Å². The zero-order valence-electron chi connectivity index (χ0n) is 15.5. The smallest absolute Gasteiger partial charge is 0.422 e. The highest BCUT2D eigenvalue weighted by Gasteiger charge is 2.31. The van der Waals surface area contributed by atoms with Crippen LogP contribution >= 0.6 is 11.3 Å². The van der Waals surface area contributed by atoms with Gasteiger partial charge < -0.3 is 14.8 Å². The summed E-state index contributed by atoms with van der Waals surface area (Å²) in [5.74, 6) is -0.836. The van der Waals surface area contributed by atoms with E-state index in [4.69, 9.17) is 4.74 Å². The van der Waals surface area contributed by atoms with Crippen LogP contribution in [0.5, 0.6) is 5.88 Å². The summed E-state index contributed by atoms with van der Waals surface area (Å²) in [5.41, 5.74) is 0.449. The molecule has 0 aliphatic carbocycles. The third kappa shape index (κ3) is 5.68. The van der Waals surface area contributed by atoms with E-state index in [1.54, 1.807) is 0 Å². The molecule has 0 bridgehead atoms. The first-order valence-electron chi connectivity index (χ1n) is 8.75. The molecular formula is C17H18F3N3O5S2. The van der Waals surface area contributed by atoms with Crippen molar-refractivity contribution in [2.24, 2.45) is 0 Å². The van der Waals surface area contributed by atoms with E-state index in [-0.39, 0.29) is 48.5 Å². The number of sulfonamides is 1. The number of nitrogens with zero attached hydrogens (tertiary/aromatic N) is 2. The van der Waals surface area contributed by atoms with Gasteiger partial charge >= 0.3 is 6.18 Å². The van der Waals surface area contributed by atoms with Crippen molar-refractivity contribution >= 4 is 27.3 Å². The summed E-state index contributed by atoms with van der Waals surface area (Å²) in [4.78, 5) is 16.2. The Morgan fingerprint density at radius 2 is 2.03 bits per heavy atom. The van der Waals surface area contributed by atoms with Crippen LogP contribution in [0.3, 0.4) is 0 Å². The minimum Gasteiger partial charge on any atom is -0.468 e. The lowest BCUT2D eigenvalue weighted by Crippen LogP contribution is -2.41. The number of thiophene rings is 1. The van der Waals surface area contributed by atoms with Gasteiger partial charge in [-0.2, -0.15) is 17.5 Å². The number of hydrogen-bond donors (Lipinski definition) is 1. The van der Waals surface area contributed by atoms with Crippen LogP contribution in [-0.2, 0) is 21.3 Å². The number of alkyl halides is 3. The molecule has 0 spiro atoms. The second-order valence-electron chi connectivity index (χ2n) is 6.22. The Morgan fingerprint density at radius 1 is 1.30 bits per heavy atom. The lowest BCUT2D eigenvalue weighted by atomic mass is 10.2. The van der Waals surface area contributed by atoms with E-state index in [1.807, 2.05) is 0 Å². The van der Waals surface area contributed by atoms with Crippen LogP contribution in [-0.4, -0.2) is 62.7 Å². The van der Waals surface area contributed by atoms with Crippen molar-refractivity contribution in [1.82, 2.24) is 14.6 Å². The number of nitrogens with one attached hydrogen (secondary N) is 1. The number of carbonyl (C=O) groups is 1. The number of carbonyl (C=O) groups excluding carboxylic acids is 1. The van der Waals surface area contributed by atoms with Gasteiger partial charge in [-0.15, -0.1) is 11.3 Å². The fourth-order valence-electron chi connectivity index (χ4n) is 2.65. The normalized spacial score (nSPS) is 15.7. The van der Waals surface area contributed by atoms with Gasteiger partial charge in [0.1, 0.15) is 9.77 Å². The monoisotopic (exact) mass is 465 g/mol. The minimum absolute atomic E-state index is 0.0316. The molecule has 0 radical (unpaired) electrons. The third-order valence-corrected chi connectivity index (χ3v) is 7.04. The van der Waals surface area contributed by atoms with Gasteiger partial charge in [0.25, 0.3) is 5.91 Å². The van der Waals surface area contributed by atoms with E-state index in [9.17, 15) is 26.4 Å². The number of halogens is 3. The van der Waals surface area contributed by atoms with Gasteiger partial charge in [-0.3, -0.25) is 4.79 Å². The van der Waals surface area contributed by atoms with Crippen molar-refractivity contribution in [3.05, 3.63) is 40.2 Å². The maximum atomic E-state index is 12.8. The summed E-state index contributed by atoms with van der Waals surface area (Å²) in [6.45, 7) is -0.544. The number of rotatable bonds is 7. The highest BCUT2D eigenvalue weighted by atomic mass is 32.2. The Balaban J connectivity index is 1.66. The first-order valence-corrected chi connectivity index (χ1v) is 11.1. The molecule has 0 saturated carbocycles.